The minimum atomic E-state index is -0.0992. The molecule has 3 aromatic rings. The summed E-state index contributed by atoms with van der Waals surface area (Å²) in [5, 5.41) is 7.16. The number of hydrogen-bond donors (Lipinski definition) is 1. The highest BCUT2D eigenvalue weighted by molar-refractivity contribution is 5.59. The molecule has 25 heavy (non-hydrogen) atoms. The molecular formula is C19H23N5O. The molecule has 1 atom stereocenters. The van der Waals surface area contributed by atoms with Gasteiger partial charge in [0, 0.05) is 36.2 Å². The highest BCUT2D eigenvalue weighted by Gasteiger charge is 2.32. The third-order valence-electron chi connectivity index (χ3n) is 4.71. The molecular weight excluding hydrogens is 314 g/mol. The first kappa shape index (κ1) is 16.0. The van der Waals surface area contributed by atoms with Crippen LogP contribution >= 0.6 is 0 Å². The lowest BCUT2D eigenvalue weighted by molar-refractivity contribution is -0.0604. The van der Waals surface area contributed by atoms with Crippen LogP contribution in [0.15, 0.2) is 36.7 Å². The number of aryl methyl sites for hydroxylation is 1. The van der Waals surface area contributed by atoms with Crippen LogP contribution in [0.3, 0.4) is 0 Å². The lowest BCUT2D eigenvalue weighted by Gasteiger charge is -2.35. The van der Waals surface area contributed by atoms with E-state index in [-0.39, 0.29) is 5.60 Å². The van der Waals surface area contributed by atoms with Crippen molar-refractivity contribution in [1.29, 1.82) is 0 Å². The molecule has 3 heterocycles. The summed E-state index contributed by atoms with van der Waals surface area (Å²) in [5.74, 6) is 3.02. The first-order valence-corrected chi connectivity index (χ1v) is 8.69. The van der Waals surface area contributed by atoms with Crippen molar-refractivity contribution in [2.45, 2.75) is 45.1 Å². The molecule has 1 aliphatic heterocycles. The fourth-order valence-corrected chi connectivity index (χ4v) is 3.55. The molecule has 1 fully saturated rings. The number of benzene rings is 1. The maximum atomic E-state index is 5.86. The number of nitrogens with zero attached hydrogens (tertiary/aromatic N) is 4. The summed E-state index contributed by atoms with van der Waals surface area (Å²) in [5.41, 5.74) is 1.98. The Kier molecular flexibility index (Phi) is 3.92. The maximum Gasteiger partial charge on any atom is 0.181 e. The van der Waals surface area contributed by atoms with Gasteiger partial charge in [-0.15, -0.1) is 0 Å². The van der Waals surface area contributed by atoms with Crippen molar-refractivity contribution in [3.05, 3.63) is 48.3 Å². The smallest absolute Gasteiger partial charge is 0.181 e. The molecule has 1 aromatic carbocycles. The predicted octanol–water partition coefficient (Wildman–Crippen LogP) is 3.64. The zero-order chi connectivity index (χ0) is 17.4. The minimum absolute atomic E-state index is 0.0992. The maximum absolute atomic E-state index is 5.86. The first-order chi connectivity index (χ1) is 12.0. The molecule has 0 unspecified atom stereocenters. The monoisotopic (exact) mass is 337 g/mol. The Morgan fingerprint density at radius 3 is 2.96 bits per heavy atom. The number of aromatic nitrogens is 5. The summed E-state index contributed by atoms with van der Waals surface area (Å²) in [6.07, 6.45) is 5.88. The second-order valence-electron chi connectivity index (χ2n) is 7.25. The van der Waals surface area contributed by atoms with E-state index < -0.39 is 0 Å². The van der Waals surface area contributed by atoms with Crippen LogP contribution in [0.4, 0.5) is 0 Å². The Morgan fingerprint density at radius 1 is 1.32 bits per heavy atom. The predicted molar refractivity (Wildman–Crippen MR) is 95.7 cm³/mol. The van der Waals surface area contributed by atoms with E-state index in [0.29, 0.717) is 11.7 Å². The fraction of sp³-hybridized carbons (Fsp3) is 0.421. The zero-order valence-electron chi connectivity index (χ0n) is 14.9. The molecule has 0 bridgehead atoms. The first-order valence-electron chi connectivity index (χ1n) is 8.69. The Hall–Kier alpha value is -2.47. The van der Waals surface area contributed by atoms with Gasteiger partial charge in [-0.25, -0.2) is 9.97 Å². The number of aromatic amines is 1. The van der Waals surface area contributed by atoms with Crippen molar-refractivity contribution in [1.82, 2.24) is 24.7 Å². The van der Waals surface area contributed by atoms with Gasteiger partial charge in [0.1, 0.15) is 11.6 Å². The molecule has 0 amide bonds. The van der Waals surface area contributed by atoms with Crippen LogP contribution in [0.25, 0.3) is 17.1 Å². The standard InChI is InChI=1S/C19H23N5O/c1-13-21-17(23-22-13)14-5-4-6-16(11-14)24-9-8-20-18(24)15-7-10-25-19(2,3)12-15/h4-6,8-9,11,15H,7,10,12H2,1-3H3,(H,21,22,23)/t15-/m1/s1. The topological polar surface area (TPSA) is 68.6 Å². The van der Waals surface area contributed by atoms with Crippen LogP contribution < -0.4 is 0 Å². The molecule has 130 valence electrons. The summed E-state index contributed by atoms with van der Waals surface area (Å²) in [6.45, 7) is 6.99. The average molecular weight is 337 g/mol. The van der Waals surface area contributed by atoms with E-state index in [1.165, 1.54) is 0 Å². The molecule has 6 heteroatoms. The highest BCUT2D eigenvalue weighted by atomic mass is 16.5. The van der Waals surface area contributed by atoms with Gasteiger partial charge in [-0.05, 0) is 45.7 Å². The second kappa shape index (κ2) is 6.11. The van der Waals surface area contributed by atoms with Crippen molar-refractivity contribution in [2.75, 3.05) is 6.61 Å². The van der Waals surface area contributed by atoms with Crippen molar-refractivity contribution in [2.24, 2.45) is 0 Å². The summed E-state index contributed by atoms with van der Waals surface area (Å²) in [6, 6.07) is 8.27. The van der Waals surface area contributed by atoms with Crippen LogP contribution in [-0.2, 0) is 4.74 Å². The number of imidazole rings is 1. The SMILES string of the molecule is Cc1nc(-c2cccc(-n3ccnc3[C@@H]3CCOC(C)(C)C3)c2)n[nH]1. The molecule has 0 aliphatic carbocycles. The number of ether oxygens (including phenoxy) is 1. The van der Waals surface area contributed by atoms with E-state index in [0.717, 1.165) is 42.3 Å². The van der Waals surface area contributed by atoms with Gasteiger partial charge < -0.3 is 9.30 Å². The van der Waals surface area contributed by atoms with Crippen LogP contribution in [0.2, 0.25) is 0 Å². The Labute approximate surface area is 147 Å². The zero-order valence-corrected chi connectivity index (χ0v) is 14.9. The third kappa shape index (κ3) is 3.22. The summed E-state index contributed by atoms with van der Waals surface area (Å²) in [7, 11) is 0. The minimum Gasteiger partial charge on any atom is -0.376 e. The largest absolute Gasteiger partial charge is 0.376 e. The van der Waals surface area contributed by atoms with Crippen LogP contribution in [0, 0.1) is 6.92 Å². The van der Waals surface area contributed by atoms with Gasteiger partial charge in [-0.3, -0.25) is 5.10 Å². The van der Waals surface area contributed by atoms with Crippen LogP contribution in [-0.4, -0.2) is 36.9 Å². The number of nitrogens with one attached hydrogen (secondary N) is 1. The fourth-order valence-electron chi connectivity index (χ4n) is 3.55. The van der Waals surface area contributed by atoms with Crippen molar-refractivity contribution < 1.29 is 4.74 Å². The Balaban J connectivity index is 1.69. The second-order valence-corrected chi connectivity index (χ2v) is 7.25. The summed E-state index contributed by atoms with van der Waals surface area (Å²) >= 11 is 0. The van der Waals surface area contributed by atoms with Gasteiger partial charge in [0.15, 0.2) is 5.82 Å². The number of hydrogen-bond acceptors (Lipinski definition) is 4. The van der Waals surface area contributed by atoms with Gasteiger partial charge in [0.2, 0.25) is 0 Å². The third-order valence-corrected chi connectivity index (χ3v) is 4.71. The van der Waals surface area contributed by atoms with Crippen molar-refractivity contribution >= 4 is 0 Å². The molecule has 0 spiro atoms. The van der Waals surface area contributed by atoms with E-state index in [9.17, 15) is 0 Å². The van der Waals surface area contributed by atoms with Crippen LogP contribution in [0.5, 0.6) is 0 Å². The molecule has 1 N–H and O–H groups in total. The van der Waals surface area contributed by atoms with Crippen molar-refractivity contribution in [3.63, 3.8) is 0 Å². The molecule has 6 nitrogen and oxygen atoms in total. The average Bonchev–Trinajstić information content (AvgIpc) is 3.23. The molecule has 0 radical (unpaired) electrons. The lowest BCUT2D eigenvalue weighted by Crippen LogP contribution is -2.33. The molecule has 1 aliphatic rings. The van der Waals surface area contributed by atoms with Crippen LogP contribution in [0.1, 0.15) is 44.3 Å². The van der Waals surface area contributed by atoms with E-state index in [1.807, 2.05) is 31.5 Å². The highest BCUT2D eigenvalue weighted by Crippen LogP contribution is 2.35. The normalized spacial score (nSPS) is 19.9. The molecule has 4 rings (SSSR count). The van der Waals surface area contributed by atoms with Crippen molar-refractivity contribution in [3.8, 4) is 17.1 Å². The van der Waals surface area contributed by atoms with E-state index in [2.05, 4.69) is 50.7 Å². The van der Waals surface area contributed by atoms with E-state index in [1.54, 1.807) is 0 Å². The van der Waals surface area contributed by atoms with Gasteiger partial charge >= 0.3 is 0 Å². The molecule has 1 saturated heterocycles. The number of rotatable bonds is 3. The van der Waals surface area contributed by atoms with Gasteiger partial charge in [-0.2, -0.15) is 5.10 Å². The van der Waals surface area contributed by atoms with Gasteiger partial charge in [0.25, 0.3) is 0 Å². The molecule has 2 aromatic heterocycles. The Morgan fingerprint density at radius 2 is 2.20 bits per heavy atom. The summed E-state index contributed by atoms with van der Waals surface area (Å²) < 4.78 is 8.04. The van der Waals surface area contributed by atoms with Gasteiger partial charge in [0.05, 0.1) is 5.60 Å². The number of H-pyrrole nitrogens is 1. The summed E-state index contributed by atoms with van der Waals surface area (Å²) in [4.78, 5) is 9.08. The van der Waals surface area contributed by atoms with Gasteiger partial charge in [-0.1, -0.05) is 12.1 Å². The Bertz CT molecular complexity index is 879. The lowest BCUT2D eigenvalue weighted by atomic mass is 9.87. The van der Waals surface area contributed by atoms with E-state index in [4.69, 9.17) is 4.74 Å². The molecule has 0 saturated carbocycles. The van der Waals surface area contributed by atoms with E-state index >= 15 is 0 Å². The quantitative estimate of drug-likeness (QED) is 0.792.